The first-order valence-corrected chi connectivity index (χ1v) is 6.69. The van der Waals surface area contributed by atoms with Gasteiger partial charge in [0, 0.05) is 12.5 Å². The SMILES string of the molecule is CCCCCC[C@@H](O)C[C@@H]1CCCC(=O)N1. The smallest absolute Gasteiger partial charge is 0.220 e. The van der Waals surface area contributed by atoms with E-state index in [0.29, 0.717) is 6.42 Å². The van der Waals surface area contributed by atoms with E-state index in [2.05, 4.69) is 12.2 Å². The van der Waals surface area contributed by atoms with E-state index in [1.54, 1.807) is 0 Å². The molecule has 94 valence electrons. The minimum absolute atomic E-state index is 0.148. The molecular formula is C13H25NO2. The molecule has 0 aromatic carbocycles. The van der Waals surface area contributed by atoms with Crippen molar-refractivity contribution in [1.82, 2.24) is 5.32 Å². The minimum atomic E-state index is -0.236. The number of piperidine rings is 1. The number of rotatable bonds is 7. The summed E-state index contributed by atoms with van der Waals surface area (Å²) >= 11 is 0. The van der Waals surface area contributed by atoms with Gasteiger partial charge in [-0.3, -0.25) is 4.79 Å². The molecule has 2 atom stereocenters. The highest BCUT2D eigenvalue weighted by Crippen LogP contribution is 2.16. The molecule has 1 aliphatic rings. The van der Waals surface area contributed by atoms with Gasteiger partial charge in [0.25, 0.3) is 0 Å². The predicted molar refractivity (Wildman–Crippen MR) is 65.2 cm³/mol. The van der Waals surface area contributed by atoms with Crippen molar-refractivity contribution >= 4 is 5.91 Å². The van der Waals surface area contributed by atoms with Crippen molar-refractivity contribution in [3.63, 3.8) is 0 Å². The third-order valence-electron chi connectivity index (χ3n) is 3.27. The molecule has 1 rings (SSSR count). The van der Waals surface area contributed by atoms with Crippen LogP contribution in [0.5, 0.6) is 0 Å². The fourth-order valence-electron chi connectivity index (χ4n) is 2.31. The van der Waals surface area contributed by atoms with Crippen LogP contribution in [0.3, 0.4) is 0 Å². The molecule has 0 saturated carbocycles. The largest absolute Gasteiger partial charge is 0.393 e. The lowest BCUT2D eigenvalue weighted by Crippen LogP contribution is -2.40. The minimum Gasteiger partial charge on any atom is -0.393 e. The molecule has 0 aromatic heterocycles. The van der Waals surface area contributed by atoms with Gasteiger partial charge in [0.1, 0.15) is 0 Å². The van der Waals surface area contributed by atoms with Crippen molar-refractivity contribution in [2.45, 2.75) is 76.9 Å². The Morgan fingerprint density at radius 3 is 2.94 bits per heavy atom. The van der Waals surface area contributed by atoms with Crippen LogP contribution in [0.4, 0.5) is 0 Å². The lowest BCUT2D eigenvalue weighted by molar-refractivity contribution is -0.123. The van der Waals surface area contributed by atoms with Gasteiger partial charge in [0.05, 0.1) is 6.10 Å². The van der Waals surface area contributed by atoms with Crippen molar-refractivity contribution in [1.29, 1.82) is 0 Å². The zero-order chi connectivity index (χ0) is 11.8. The standard InChI is InChI=1S/C13H25NO2/c1-2-3-4-5-8-12(15)10-11-7-6-9-13(16)14-11/h11-12,15H,2-10H2,1H3,(H,14,16)/t11-,12+/m0/s1. The third-order valence-corrected chi connectivity index (χ3v) is 3.27. The lowest BCUT2D eigenvalue weighted by atomic mass is 9.96. The molecule has 1 fully saturated rings. The molecule has 0 unspecified atom stereocenters. The van der Waals surface area contributed by atoms with Gasteiger partial charge < -0.3 is 10.4 Å². The van der Waals surface area contributed by atoms with Gasteiger partial charge >= 0.3 is 0 Å². The van der Waals surface area contributed by atoms with Crippen LogP contribution in [0, 0.1) is 0 Å². The quantitative estimate of drug-likeness (QED) is 0.656. The first kappa shape index (κ1) is 13.5. The number of carbonyl (C=O) groups is 1. The van der Waals surface area contributed by atoms with Crippen LogP contribution in [0.15, 0.2) is 0 Å². The Balaban J connectivity index is 2.08. The molecule has 0 aliphatic carbocycles. The Bertz CT molecular complexity index is 206. The van der Waals surface area contributed by atoms with Crippen molar-refractivity contribution in [3.05, 3.63) is 0 Å². The second kappa shape index (κ2) is 7.66. The van der Waals surface area contributed by atoms with Gasteiger partial charge in [0.2, 0.25) is 5.91 Å². The summed E-state index contributed by atoms with van der Waals surface area (Å²) in [5, 5.41) is 12.8. The highest BCUT2D eigenvalue weighted by molar-refractivity contribution is 5.76. The van der Waals surface area contributed by atoms with Crippen LogP contribution >= 0.6 is 0 Å². The van der Waals surface area contributed by atoms with E-state index < -0.39 is 0 Å². The monoisotopic (exact) mass is 227 g/mol. The summed E-state index contributed by atoms with van der Waals surface area (Å²) in [6.07, 6.45) is 8.84. The molecule has 16 heavy (non-hydrogen) atoms. The Morgan fingerprint density at radius 2 is 2.25 bits per heavy atom. The zero-order valence-corrected chi connectivity index (χ0v) is 10.4. The van der Waals surface area contributed by atoms with Gasteiger partial charge in [-0.05, 0) is 25.7 Å². The van der Waals surface area contributed by atoms with Gasteiger partial charge in [-0.1, -0.05) is 32.6 Å². The van der Waals surface area contributed by atoms with Crippen LogP contribution in [0.1, 0.15) is 64.7 Å². The van der Waals surface area contributed by atoms with E-state index in [0.717, 1.165) is 32.1 Å². The topological polar surface area (TPSA) is 49.3 Å². The number of aliphatic hydroxyl groups excluding tert-OH is 1. The van der Waals surface area contributed by atoms with Gasteiger partial charge in [-0.15, -0.1) is 0 Å². The van der Waals surface area contributed by atoms with E-state index >= 15 is 0 Å². The van der Waals surface area contributed by atoms with E-state index in [4.69, 9.17) is 0 Å². The van der Waals surface area contributed by atoms with Gasteiger partial charge in [-0.2, -0.15) is 0 Å². The average molecular weight is 227 g/mol. The Morgan fingerprint density at radius 1 is 1.44 bits per heavy atom. The number of carbonyl (C=O) groups excluding carboxylic acids is 1. The number of aliphatic hydroxyl groups is 1. The second-order valence-corrected chi connectivity index (χ2v) is 4.90. The zero-order valence-electron chi connectivity index (χ0n) is 10.4. The first-order chi connectivity index (χ1) is 7.72. The highest BCUT2D eigenvalue weighted by atomic mass is 16.3. The fraction of sp³-hybridized carbons (Fsp3) is 0.923. The number of hydrogen-bond donors (Lipinski definition) is 2. The number of nitrogens with one attached hydrogen (secondary N) is 1. The molecule has 0 radical (unpaired) electrons. The Labute approximate surface area is 98.6 Å². The first-order valence-electron chi connectivity index (χ1n) is 6.69. The molecule has 0 aromatic rings. The van der Waals surface area contributed by atoms with Crippen LogP contribution in [-0.2, 0) is 4.79 Å². The average Bonchev–Trinajstić information content (AvgIpc) is 2.24. The summed E-state index contributed by atoms with van der Waals surface area (Å²) < 4.78 is 0. The molecule has 1 heterocycles. The molecule has 0 bridgehead atoms. The molecular weight excluding hydrogens is 202 g/mol. The van der Waals surface area contributed by atoms with E-state index in [1.807, 2.05) is 0 Å². The summed E-state index contributed by atoms with van der Waals surface area (Å²) in [5.41, 5.74) is 0. The lowest BCUT2D eigenvalue weighted by Gasteiger charge is -2.25. The second-order valence-electron chi connectivity index (χ2n) is 4.90. The van der Waals surface area contributed by atoms with Crippen LogP contribution in [0.2, 0.25) is 0 Å². The summed E-state index contributed by atoms with van der Waals surface area (Å²) in [4.78, 5) is 11.2. The van der Waals surface area contributed by atoms with Crippen LogP contribution in [-0.4, -0.2) is 23.2 Å². The van der Waals surface area contributed by atoms with Crippen LogP contribution < -0.4 is 5.32 Å². The molecule has 3 nitrogen and oxygen atoms in total. The maximum absolute atomic E-state index is 11.2. The predicted octanol–water partition coefficient (Wildman–Crippen LogP) is 2.38. The van der Waals surface area contributed by atoms with Crippen molar-refractivity contribution in [2.75, 3.05) is 0 Å². The molecule has 2 N–H and O–H groups in total. The summed E-state index contributed by atoms with van der Waals surface area (Å²) in [7, 11) is 0. The van der Waals surface area contributed by atoms with E-state index in [1.165, 1.54) is 19.3 Å². The Kier molecular flexibility index (Phi) is 6.46. The molecule has 1 saturated heterocycles. The summed E-state index contributed by atoms with van der Waals surface area (Å²) in [6, 6.07) is 0.211. The molecule has 3 heteroatoms. The van der Waals surface area contributed by atoms with Crippen molar-refractivity contribution in [2.24, 2.45) is 0 Å². The molecule has 1 amide bonds. The third kappa shape index (κ3) is 5.50. The molecule has 0 spiro atoms. The fourth-order valence-corrected chi connectivity index (χ4v) is 2.31. The van der Waals surface area contributed by atoms with Crippen molar-refractivity contribution in [3.8, 4) is 0 Å². The van der Waals surface area contributed by atoms with Crippen LogP contribution in [0.25, 0.3) is 0 Å². The normalized spacial score (nSPS) is 22.9. The number of unbranched alkanes of at least 4 members (excludes halogenated alkanes) is 3. The van der Waals surface area contributed by atoms with E-state index in [-0.39, 0.29) is 18.1 Å². The van der Waals surface area contributed by atoms with Gasteiger partial charge in [0.15, 0.2) is 0 Å². The highest BCUT2D eigenvalue weighted by Gasteiger charge is 2.20. The number of hydrogen-bond acceptors (Lipinski definition) is 2. The maximum Gasteiger partial charge on any atom is 0.220 e. The van der Waals surface area contributed by atoms with Crippen molar-refractivity contribution < 1.29 is 9.90 Å². The Hall–Kier alpha value is -0.570. The van der Waals surface area contributed by atoms with E-state index in [9.17, 15) is 9.90 Å². The van der Waals surface area contributed by atoms with Gasteiger partial charge in [-0.25, -0.2) is 0 Å². The maximum atomic E-state index is 11.2. The summed E-state index contributed by atoms with van der Waals surface area (Å²) in [5.74, 6) is 0.148. The summed E-state index contributed by atoms with van der Waals surface area (Å²) in [6.45, 7) is 2.19. The molecule has 1 aliphatic heterocycles. The number of amides is 1.